The molecule has 2 rings (SSSR count). The fourth-order valence-electron chi connectivity index (χ4n) is 2.22. The number of carbonyl (C=O) groups excluding carboxylic acids is 1. The number of hydrogen-bond donors (Lipinski definition) is 3. The lowest BCUT2D eigenvalue weighted by atomic mass is 10.1. The quantitative estimate of drug-likeness (QED) is 0.557. The Bertz CT molecular complexity index is 757. The highest BCUT2D eigenvalue weighted by molar-refractivity contribution is 5.92. The summed E-state index contributed by atoms with van der Waals surface area (Å²) in [5, 5.41) is 6.36. The molecule has 0 aromatic heterocycles. The van der Waals surface area contributed by atoms with E-state index in [1.807, 2.05) is 25.1 Å². The molecule has 0 heterocycles. The van der Waals surface area contributed by atoms with Crippen LogP contribution in [0.1, 0.15) is 34.0 Å². The Labute approximate surface area is 147 Å². The van der Waals surface area contributed by atoms with Crippen LogP contribution in [0.3, 0.4) is 0 Å². The van der Waals surface area contributed by atoms with Crippen LogP contribution in [-0.4, -0.2) is 18.4 Å². The number of amides is 1. The Kier molecular flexibility index (Phi) is 6.51. The van der Waals surface area contributed by atoms with E-state index < -0.39 is 5.91 Å². The van der Waals surface area contributed by atoms with E-state index in [1.165, 1.54) is 6.07 Å². The number of nitrogens with zero attached hydrogens (tertiary/aromatic N) is 1. The molecule has 6 heteroatoms. The van der Waals surface area contributed by atoms with Crippen LogP contribution in [0.4, 0.5) is 4.39 Å². The molecule has 0 saturated carbocycles. The molecule has 2 aromatic rings. The standard InChI is InChI=1S/C19H23FN4O/c1-3-22-19(24-12-15-5-4-13(2)17(20)10-15)23-11-14-6-8-16(9-7-14)18(21)25/h4-10H,3,11-12H2,1-2H3,(H2,21,25)(H2,22,23,24). The Morgan fingerprint density at radius 2 is 1.80 bits per heavy atom. The van der Waals surface area contributed by atoms with Gasteiger partial charge >= 0.3 is 0 Å². The molecule has 0 spiro atoms. The molecular weight excluding hydrogens is 319 g/mol. The van der Waals surface area contributed by atoms with Crippen LogP contribution in [0.2, 0.25) is 0 Å². The first-order chi connectivity index (χ1) is 12.0. The molecule has 0 bridgehead atoms. The van der Waals surface area contributed by atoms with E-state index >= 15 is 0 Å². The monoisotopic (exact) mass is 342 g/mol. The number of aryl methyl sites for hydroxylation is 1. The topological polar surface area (TPSA) is 79.5 Å². The Hall–Kier alpha value is -2.89. The van der Waals surface area contributed by atoms with Crippen molar-refractivity contribution in [3.05, 3.63) is 70.5 Å². The number of nitrogens with one attached hydrogen (secondary N) is 2. The first-order valence-electron chi connectivity index (χ1n) is 8.15. The fourth-order valence-corrected chi connectivity index (χ4v) is 2.22. The predicted octanol–water partition coefficient (Wildman–Crippen LogP) is 2.49. The number of guanidine groups is 1. The molecule has 0 unspecified atom stereocenters. The molecule has 0 aliphatic carbocycles. The molecular formula is C19H23FN4O. The molecule has 25 heavy (non-hydrogen) atoms. The highest BCUT2D eigenvalue weighted by Crippen LogP contribution is 2.10. The molecule has 5 nitrogen and oxygen atoms in total. The number of nitrogens with two attached hydrogens (primary N) is 1. The normalized spacial score (nSPS) is 11.2. The molecule has 1 amide bonds. The molecule has 2 aromatic carbocycles. The molecule has 0 aliphatic rings. The van der Waals surface area contributed by atoms with E-state index in [4.69, 9.17) is 5.73 Å². The largest absolute Gasteiger partial charge is 0.366 e. The van der Waals surface area contributed by atoms with Gasteiger partial charge in [0.15, 0.2) is 5.96 Å². The number of benzene rings is 2. The summed E-state index contributed by atoms with van der Waals surface area (Å²) in [7, 11) is 0. The number of primary amides is 1. The second-order valence-electron chi connectivity index (χ2n) is 5.69. The number of halogens is 1. The summed E-state index contributed by atoms with van der Waals surface area (Å²) in [6.45, 7) is 5.36. The zero-order valence-electron chi connectivity index (χ0n) is 14.5. The van der Waals surface area contributed by atoms with E-state index in [1.54, 1.807) is 25.1 Å². The lowest BCUT2D eigenvalue weighted by molar-refractivity contribution is 0.100. The SMILES string of the molecule is CCNC(=NCc1ccc(C)c(F)c1)NCc1ccc(C(N)=O)cc1. The minimum Gasteiger partial charge on any atom is -0.366 e. The van der Waals surface area contributed by atoms with Crippen molar-refractivity contribution in [2.75, 3.05) is 6.54 Å². The molecule has 0 saturated heterocycles. The first kappa shape index (κ1) is 18.4. The van der Waals surface area contributed by atoms with Crippen molar-refractivity contribution in [3.8, 4) is 0 Å². The minimum absolute atomic E-state index is 0.222. The number of aliphatic imine (C=N–C) groups is 1. The number of rotatable bonds is 6. The average molecular weight is 342 g/mol. The first-order valence-corrected chi connectivity index (χ1v) is 8.15. The smallest absolute Gasteiger partial charge is 0.248 e. The van der Waals surface area contributed by atoms with Crippen LogP contribution in [0.15, 0.2) is 47.5 Å². The van der Waals surface area contributed by atoms with Gasteiger partial charge in [0.2, 0.25) is 5.91 Å². The summed E-state index contributed by atoms with van der Waals surface area (Å²) in [5.41, 5.74) is 8.14. The van der Waals surface area contributed by atoms with Crippen LogP contribution >= 0.6 is 0 Å². The summed E-state index contributed by atoms with van der Waals surface area (Å²) in [6.07, 6.45) is 0. The van der Waals surface area contributed by atoms with Gasteiger partial charge in [-0.15, -0.1) is 0 Å². The second kappa shape index (κ2) is 8.82. The third-order valence-electron chi connectivity index (χ3n) is 3.70. The Morgan fingerprint density at radius 1 is 1.12 bits per heavy atom. The van der Waals surface area contributed by atoms with Crippen molar-refractivity contribution >= 4 is 11.9 Å². The van der Waals surface area contributed by atoms with Crippen LogP contribution in [0.5, 0.6) is 0 Å². The molecule has 0 fully saturated rings. The highest BCUT2D eigenvalue weighted by atomic mass is 19.1. The summed E-state index contributed by atoms with van der Waals surface area (Å²) in [5.74, 6) is -0.0256. The average Bonchev–Trinajstić information content (AvgIpc) is 2.60. The number of carbonyl (C=O) groups is 1. The van der Waals surface area contributed by atoms with Gasteiger partial charge in [0.1, 0.15) is 5.82 Å². The maximum absolute atomic E-state index is 13.6. The Balaban J connectivity index is 1.99. The molecule has 0 aliphatic heterocycles. The third kappa shape index (κ3) is 5.60. The molecule has 0 atom stereocenters. The van der Waals surface area contributed by atoms with E-state index in [2.05, 4.69) is 15.6 Å². The zero-order valence-corrected chi connectivity index (χ0v) is 14.5. The third-order valence-corrected chi connectivity index (χ3v) is 3.70. The van der Waals surface area contributed by atoms with Gasteiger partial charge in [-0.3, -0.25) is 4.79 Å². The molecule has 4 N–H and O–H groups in total. The maximum Gasteiger partial charge on any atom is 0.248 e. The van der Waals surface area contributed by atoms with E-state index in [9.17, 15) is 9.18 Å². The minimum atomic E-state index is -0.445. The summed E-state index contributed by atoms with van der Waals surface area (Å²) < 4.78 is 13.6. The van der Waals surface area contributed by atoms with Gasteiger partial charge in [0.05, 0.1) is 6.54 Å². The second-order valence-corrected chi connectivity index (χ2v) is 5.69. The van der Waals surface area contributed by atoms with Crippen LogP contribution in [0.25, 0.3) is 0 Å². The van der Waals surface area contributed by atoms with Crippen LogP contribution < -0.4 is 16.4 Å². The van der Waals surface area contributed by atoms with Gasteiger partial charge in [0, 0.05) is 18.7 Å². The van der Waals surface area contributed by atoms with Crippen molar-refractivity contribution in [2.24, 2.45) is 10.7 Å². The van der Waals surface area contributed by atoms with Crippen LogP contribution in [-0.2, 0) is 13.1 Å². The van der Waals surface area contributed by atoms with Crippen molar-refractivity contribution in [2.45, 2.75) is 26.9 Å². The van der Waals surface area contributed by atoms with Gasteiger partial charge < -0.3 is 16.4 Å². The van der Waals surface area contributed by atoms with Crippen molar-refractivity contribution < 1.29 is 9.18 Å². The zero-order chi connectivity index (χ0) is 18.2. The van der Waals surface area contributed by atoms with Gasteiger partial charge in [-0.2, -0.15) is 0 Å². The van der Waals surface area contributed by atoms with Gasteiger partial charge in [0.25, 0.3) is 0 Å². The molecule has 0 radical (unpaired) electrons. The van der Waals surface area contributed by atoms with Gasteiger partial charge in [-0.1, -0.05) is 24.3 Å². The van der Waals surface area contributed by atoms with E-state index in [0.29, 0.717) is 36.7 Å². The van der Waals surface area contributed by atoms with Crippen LogP contribution in [0, 0.1) is 12.7 Å². The fraction of sp³-hybridized carbons (Fsp3) is 0.263. The van der Waals surface area contributed by atoms with E-state index in [-0.39, 0.29) is 5.82 Å². The predicted molar refractivity (Wildman–Crippen MR) is 97.8 cm³/mol. The lowest BCUT2D eigenvalue weighted by Gasteiger charge is -2.12. The summed E-state index contributed by atoms with van der Waals surface area (Å²) in [4.78, 5) is 15.5. The van der Waals surface area contributed by atoms with Gasteiger partial charge in [-0.05, 0) is 48.7 Å². The summed E-state index contributed by atoms with van der Waals surface area (Å²) >= 11 is 0. The van der Waals surface area contributed by atoms with Crippen molar-refractivity contribution in [3.63, 3.8) is 0 Å². The van der Waals surface area contributed by atoms with Crippen molar-refractivity contribution in [1.29, 1.82) is 0 Å². The van der Waals surface area contributed by atoms with E-state index in [0.717, 1.165) is 11.1 Å². The highest BCUT2D eigenvalue weighted by Gasteiger charge is 2.03. The number of hydrogen-bond acceptors (Lipinski definition) is 2. The summed E-state index contributed by atoms with van der Waals surface area (Å²) in [6, 6.07) is 12.2. The molecule has 132 valence electrons. The van der Waals surface area contributed by atoms with Gasteiger partial charge in [-0.25, -0.2) is 9.38 Å². The van der Waals surface area contributed by atoms with Crippen molar-refractivity contribution in [1.82, 2.24) is 10.6 Å². The Morgan fingerprint density at radius 3 is 2.40 bits per heavy atom. The maximum atomic E-state index is 13.6. The lowest BCUT2D eigenvalue weighted by Crippen LogP contribution is -2.36.